The van der Waals surface area contributed by atoms with Crippen LogP contribution in [-0.4, -0.2) is 25.2 Å². The van der Waals surface area contributed by atoms with Crippen LogP contribution in [0.4, 0.5) is 11.4 Å². The molecule has 0 fully saturated rings. The molecular formula is C25H28N2O4. The molecule has 1 aliphatic rings. The van der Waals surface area contributed by atoms with Crippen LogP contribution in [-0.2, 0) is 19.7 Å². The minimum Gasteiger partial charge on any atom is -0.466 e. The van der Waals surface area contributed by atoms with E-state index in [-0.39, 0.29) is 23.8 Å². The zero-order chi connectivity index (χ0) is 22.4. The summed E-state index contributed by atoms with van der Waals surface area (Å²) in [5.41, 5.74) is 4.73. The summed E-state index contributed by atoms with van der Waals surface area (Å²) in [5.74, 6) is -0.611. The minimum absolute atomic E-state index is 0.0691. The van der Waals surface area contributed by atoms with Crippen molar-refractivity contribution >= 4 is 28.9 Å². The van der Waals surface area contributed by atoms with Gasteiger partial charge in [0.05, 0.1) is 36.6 Å². The monoisotopic (exact) mass is 420 g/mol. The lowest BCUT2D eigenvalue weighted by Crippen LogP contribution is -2.22. The van der Waals surface area contributed by atoms with Crippen molar-refractivity contribution in [1.82, 2.24) is 0 Å². The topological polar surface area (TPSA) is 77.3 Å². The second-order valence-electron chi connectivity index (χ2n) is 7.97. The zero-order valence-electron chi connectivity index (χ0n) is 18.5. The molecule has 162 valence electrons. The van der Waals surface area contributed by atoms with E-state index in [1.165, 1.54) is 0 Å². The number of nitrogens with zero attached hydrogens (tertiary/aromatic N) is 2. The van der Waals surface area contributed by atoms with Gasteiger partial charge < -0.3 is 9.47 Å². The van der Waals surface area contributed by atoms with E-state index in [1.54, 1.807) is 38.1 Å². The van der Waals surface area contributed by atoms with Crippen LogP contribution in [0, 0.1) is 0 Å². The Morgan fingerprint density at radius 3 is 2.35 bits per heavy atom. The molecule has 0 atom stereocenters. The predicted octanol–water partition coefficient (Wildman–Crippen LogP) is 6.30. The van der Waals surface area contributed by atoms with Crippen molar-refractivity contribution in [2.75, 3.05) is 13.2 Å². The number of carbonyl (C=O) groups excluding carboxylic acids is 2. The van der Waals surface area contributed by atoms with E-state index in [2.05, 4.69) is 36.2 Å². The molecule has 0 unspecified atom stereocenters. The SMILES string of the molecule is CCOC(=O)CC1=CCC(C)(C)c2cccc(N=Nc3ccc(C(=O)OCC)cc3)c21. The van der Waals surface area contributed by atoms with Gasteiger partial charge in [-0.3, -0.25) is 4.79 Å². The molecule has 6 nitrogen and oxygen atoms in total. The molecule has 0 amide bonds. The Hall–Kier alpha value is -3.28. The molecule has 0 saturated heterocycles. The number of esters is 2. The fraction of sp³-hybridized carbons (Fsp3) is 0.360. The van der Waals surface area contributed by atoms with E-state index in [0.29, 0.717) is 30.2 Å². The number of hydrogen-bond donors (Lipinski definition) is 0. The second kappa shape index (κ2) is 9.69. The van der Waals surface area contributed by atoms with Gasteiger partial charge in [0.2, 0.25) is 0 Å². The van der Waals surface area contributed by atoms with Crippen LogP contribution in [0.2, 0.25) is 0 Å². The minimum atomic E-state index is -0.362. The van der Waals surface area contributed by atoms with E-state index >= 15 is 0 Å². The average molecular weight is 421 g/mol. The van der Waals surface area contributed by atoms with Crippen molar-refractivity contribution < 1.29 is 19.1 Å². The van der Waals surface area contributed by atoms with E-state index in [0.717, 1.165) is 23.1 Å². The first-order chi connectivity index (χ1) is 14.9. The van der Waals surface area contributed by atoms with Crippen LogP contribution in [0.3, 0.4) is 0 Å². The van der Waals surface area contributed by atoms with Crippen molar-refractivity contribution in [3.05, 3.63) is 65.2 Å². The molecule has 0 radical (unpaired) electrons. The summed E-state index contributed by atoms with van der Waals surface area (Å²) in [6.07, 6.45) is 3.15. The molecule has 1 aliphatic carbocycles. The quantitative estimate of drug-likeness (QED) is 0.389. The smallest absolute Gasteiger partial charge is 0.338 e. The molecule has 0 saturated carbocycles. The molecule has 2 aromatic carbocycles. The highest BCUT2D eigenvalue weighted by Crippen LogP contribution is 2.44. The average Bonchev–Trinajstić information content (AvgIpc) is 2.75. The lowest BCUT2D eigenvalue weighted by molar-refractivity contribution is -0.141. The van der Waals surface area contributed by atoms with Crippen LogP contribution in [0.25, 0.3) is 5.57 Å². The van der Waals surface area contributed by atoms with Gasteiger partial charge >= 0.3 is 11.9 Å². The lowest BCUT2D eigenvalue weighted by atomic mass is 9.72. The van der Waals surface area contributed by atoms with Crippen LogP contribution >= 0.6 is 0 Å². The number of ether oxygens (including phenoxy) is 2. The van der Waals surface area contributed by atoms with E-state index in [1.807, 2.05) is 12.1 Å². The van der Waals surface area contributed by atoms with Crippen LogP contribution in [0.1, 0.15) is 62.0 Å². The third kappa shape index (κ3) is 5.26. The first-order valence-electron chi connectivity index (χ1n) is 10.5. The molecule has 0 aromatic heterocycles. The van der Waals surface area contributed by atoms with E-state index in [4.69, 9.17) is 9.47 Å². The fourth-order valence-corrected chi connectivity index (χ4v) is 3.63. The maximum atomic E-state index is 12.2. The summed E-state index contributed by atoms with van der Waals surface area (Å²) in [6, 6.07) is 12.7. The zero-order valence-corrected chi connectivity index (χ0v) is 18.5. The molecule has 3 rings (SSSR count). The summed E-state index contributed by atoms with van der Waals surface area (Å²) >= 11 is 0. The van der Waals surface area contributed by atoms with Crippen LogP contribution in [0.5, 0.6) is 0 Å². The van der Waals surface area contributed by atoms with Gasteiger partial charge in [-0.25, -0.2) is 4.79 Å². The Morgan fingerprint density at radius 1 is 0.968 bits per heavy atom. The molecule has 31 heavy (non-hydrogen) atoms. The van der Waals surface area contributed by atoms with Crippen molar-refractivity contribution in [1.29, 1.82) is 0 Å². The highest BCUT2D eigenvalue weighted by atomic mass is 16.5. The van der Waals surface area contributed by atoms with Crippen molar-refractivity contribution in [2.24, 2.45) is 10.2 Å². The van der Waals surface area contributed by atoms with Gasteiger partial charge in [0, 0.05) is 5.56 Å². The van der Waals surface area contributed by atoms with Gasteiger partial charge in [-0.15, -0.1) is 5.11 Å². The Morgan fingerprint density at radius 2 is 1.68 bits per heavy atom. The van der Waals surface area contributed by atoms with Gasteiger partial charge in [-0.1, -0.05) is 32.1 Å². The summed E-state index contributed by atoms with van der Waals surface area (Å²) in [6.45, 7) is 8.62. The number of carbonyl (C=O) groups is 2. The van der Waals surface area contributed by atoms with E-state index < -0.39 is 0 Å². The molecule has 0 N–H and O–H groups in total. The number of fused-ring (bicyclic) bond motifs is 1. The van der Waals surface area contributed by atoms with Gasteiger partial charge in [-0.05, 0) is 67.2 Å². The Bertz CT molecular complexity index is 1020. The van der Waals surface area contributed by atoms with Crippen molar-refractivity contribution in [3.8, 4) is 0 Å². The van der Waals surface area contributed by atoms with Gasteiger partial charge in [-0.2, -0.15) is 5.11 Å². The standard InChI is InChI=1S/C25H28N2O4/c1-5-30-22(28)16-18-14-15-25(3,4)20-8-7-9-21(23(18)20)27-26-19-12-10-17(11-13-19)24(29)31-6-2/h7-14H,5-6,15-16H2,1-4H3. The molecule has 0 bridgehead atoms. The number of rotatable bonds is 7. The normalized spacial score (nSPS) is 14.6. The second-order valence-corrected chi connectivity index (χ2v) is 7.97. The molecule has 0 aliphatic heterocycles. The summed E-state index contributed by atoms with van der Waals surface area (Å²) < 4.78 is 10.2. The Labute approximate surface area is 183 Å². The van der Waals surface area contributed by atoms with Crippen LogP contribution < -0.4 is 0 Å². The summed E-state index contributed by atoms with van der Waals surface area (Å²) in [7, 11) is 0. The Balaban J connectivity index is 1.92. The molecule has 0 heterocycles. The van der Waals surface area contributed by atoms with Gasteiger partial charge in [0.25, 0.3) is 0 Å². The van der Waals surface area contributed by atoms with Gasteiger partial charge in [0.15, 0.2) is 0 Å². The molecule has 0 spiro atoms. The Kier molecular flexibility index (Phi) is 7.00. The molecule has 2 aromatic rings. The van der Waals surface area contributed by atoms with Crippen molar-refractivity contribution in [3.63, 3.8) is 0 Å². The maximum Gasteiger partial charge on any atom is 0.338 e. The number of allylic oxidation sites excluding steroid dienone is 1. The third-order valence-corrected chi connectivity index (χ3v) is 5.24. The predicted molar refractivity (Wildman–Crippen MR) is 120 cm³/mol. The first-order valence-corrected chi connectivity index (χ1v) is 10.5. The number of benzene rings is 2. The van der Waals surface area contributed by atoms with Gasteiger partial charge in [0.1, 0.15) is 0 Å². The number of hydrogen-bond acceptors (Lipinski definition) is 6. The summed E-state index contributed by atoms with van der Waals surface area (Å²) in [5, 5.41) is 8.84. The third-order valence-electron chi connectivity index (χ3n) is 5.24. The molecular weight excluding hydrogens is 392 g/mol. The maximum absolute atomic E-state index is 12.2. The van der Waals surface area contributed by atoms with E-state index in [9.17, 15) is 9.59 Å². The highest BCUT2D eigenvalue weighted by Gasteiger charge is 2.30. The highest BCUT2D eigenvalue weighted by molar-refractivity contribution is 5.91. The van der Waals surface area contributed by atoms with Crippen molar-refractivity contribution in [2.45, 2.75) is 46.0 Å². The van der Waals surface area contributed by atoms with Crippen LogP contribution in [0.15, 0.2) is 58.8 Å². The largest absolute Gasteiger partial charge is 0.466 e. The first kappa shape index (κ1) is 22.4. The fourth-order valence-electron chi connectivity index (χ4n) is 3.63. The number of azo groups is 1. The lowest BCUT2D eigenvalue weighted by Gasteiger charge is -2.32. The summed E-state index contributed by atoms with van der Waals surface area (Å²) in [4.78, 5) is 24.0. The molecule has 6 heteroatoms.